The number of nitrogens with one attached hydrogen (secondary N) is 1. The largest absolute Gasteiger partial charge is 0.379 e. The van der Waals surface area contributed by atoms with E-state index >= 15 is 0 Å². The zero-order valence-electron chi connectivity index (χ0n) is 7.60. The lowest BCUT2D eigenvalue weighted by Crippen LogP contribution is -2.04. The molecule has 0 amide bonds. The van der Waals surface area contributed by atoms with E-state index in [2.05, 4.69) is 5.32 Å². The van der Waals surface area contributed by atoms with Gasteiger partial charge < -0.3 is 5.32 Å². The van der Waals surface area contributed by atoms with Crippen molar-refractivity contribution < 1.29 is 4.39 Å². The molecule has 0 bridgehead atoms. The van der Waals surface area contributed by atoms with Crippen molar-refractivity contribution in [1.29, 1.82) is 5.26 Å². The van der Waals surface area contributed by atoms with Crippen molar-refractivity contribution in [2.45, 2.75) is 0 Å². The van der Waals surface area contributed by atoms with Crippen molar-refractivity contribution >= 4 is 28.9 Å². The summed E-state index contributed by atoms with van der Waals surface area (Å²) in [6.45, 7) is 0.253. The minimum absolute atomic E-state index is 0.0310. The van der Waals surface area contributed by atoms with Crippen LogP contribution in [0, 0.1) is 17.1 Å². The Morgan fingerprint density at radius 3 is 2.93 bits per heavy atom. The van der Waals surface area contributed by atoms with Crippen LogP contribution in [0.5, 0.6) is 0 Å². The van der Waals surface area contributed by atoms with Crippen LogP contribution in [0.2, 0.25) is 0 Å². The fourth-order valence-corrected chi connectivity index (χ4v) is 1.15. The van der Waals surface area contributed by atoms with Crippen LogP contribution in [0.1, 0.15) is 5.56 Å². The van der Waals surface area contributed by atoms with Crippen LogP contribution in [0.15, 0.2) is 28.8 Å². The molecule has 0 saturated carbocycles. The first-order valence-electron chi connectivity index (χ1n) is 4.06. The van der Waals surface area contributed by atoms with E-state index in [0.29, 0.717) is 10.7 Å². The van der Waals surface area contributed by atoms with Gasteiger partial charge in [0.1, 0.15) is 17.4 Å². The molecule has 0 fully saturated rings. The van der Waals surface area contributed by atoms with Crippen LogP contribution >= 0.6 is 23.2 Å². The molecule has 0 aromatic heterocycles. The van der Waals surface area contributed by atoms with Crippen molar-refractivity contribution in [3.63, 3.8) is 0 Å². The highest BCUT2D eigenvalue weighted by Gasteiger charge is 2.06. The maximum Gasteiger partial charge on any atom is 0.143 e. The summed E-state index contributed by atoms with van der Waals surface area (Å²) >= 11 is 11.0. The molecular weight excluding hydrogens is 238 g/mol. The molecule has 0 saturated heterocycles. The third-order valence-electron chi connectivity index (χ3n) is 1.69. The molecule has 0 aliphatic carbocycles. The minimum atomic E-state index is -0.562. The Balaban J connectivity index is 2.87. The molecule has 0 radical (unpaired) electrons. The molecule has 5 heteroatoms. The highest BCUT2D eigenvalue weighted by molar-refractivity contribution is 6.36. The molecule has 0 spiro atoms. The third-order valence-corrected chi connectivity index (χ3v) is 2.31. The molecule has 0 heterocycles. The second kappa shape index (κ2) is 5.59. The van der Waals surface area contributed by atoms with Crippen molar-refractivity contribution in [2.75, 3.05) is 11.9 Å². The van der Waals surface area contributed by atoms with Crippen LogP contribution in [0.4, 0.5) is 10.1 Å². The molecule has 1 aromatic carbocycles. The van der Waals surface area contributed by atoms with Crippen LogP contribution in [0.3, 0.4) is 0 Å². The van der Waals surface area contributed by atoms with E-state index in [9.17, 15) is 4.39 Å². The van der Waals surface area contributed by atoms with Crippen molar-refractivity contribution in [1.82, 2.24) is 0 Å². The third kappa shape index (κ3) is 3.12. The van der Waals surface area contributed by atoms with Gasteiger partial charge in [0.15, 0.2) is 0 Å². The zero-order valence-corrected chi connectivity index (χ0v) is 9.11. The summed E-state index contributed by atoms with van der Waals surface area (Å²) in [5.41, 5.74) is 1.57. The van der Waals surface area contributed by atoms with Gasteiger partial charge in [-0.2, -0.15) is 5.26 Å². The lowest BCUT2D eigenvalue weighted by atomic mass is 10.2. The second-order valence-corrected chi connectivity index (χ2v) is 3.39. The lowest BCUT2D eigenvalue weighted by Gasteiger charge is -2.07. The van der Waals surface area contributed by atoms with Gasteiger partial charge >= 0.3 is 0 Å². The molecule has 78 valence electrons. The first-order valence-corrected chi connectivity index (χ1v) is 4.87. The Morgan fingerprint density at radius 1 is 1.60 bits per heavy atom. The van der Waals surface area contributed by atoms with Crippen molar-refractivity contribution in [2.24, 2.45) is 0 Å². The first kappa shape index (κ1) is 11.8. The Hall–Kier alpha value is -1.24. The normalized spacial score (nSPS) is 10.9. The Bertz CT molecular complexity index is 424. The summed E-state index contributed by atoms with van der Waals surface area (Å²) in [4.78, 5) is 0. The van der Waals surface area contributed by atoms with Gasteiger partial charge in [0.2, 0.25) is 0 Å². The molecule has 15 heavy (non-hydrogen) atoms. The number of hydrogen-bond acceptors (Lipinski definition) is 2. The van der Waals surface area contributed by atoms with Gasteiger partial charge in [-0.25, -0.2) is 4.39 Å². The van der Waals surface area contributed by atoms with Gasteiger partial charge in [0, 0.05) is 10.6 Å². The summed E-state index contributed by atoms with van der Waals surface area (Å²) in [5.74, 6) is -0.562. The van der Waals surface area contributed by atoms with Crippen molar-refractivity contribution in [3.05, 3.63) is 40.1 Å². The van der Waals surface area contributed by atoms with Crippen LogP contribution < -0.4 is 5.32 Å². The molecule has 1 N–H and O–H groups in total. The van der Waals surface area contributed by atoms with E-state index in [1.54, 1.807) is 12.1 Å². The monoisotopic (exact) mass is 244 g/mol. The molecule has 0 atom stereocenters. The van der Waals surface area contributed by atoms with E-state index in [1.807, 2.05) is 0 Å². The average molecular weight is 245 g/mol. The molecule has 0 aliphatic heterocycles. The van der Waals surface area contributed by atoms with Crippen LogP contribution in [-0.2, 0) is 0 Å². The summed E-state index contributed by atoms with van der Waals surface area (Å²) in [7, 11) is 0. The maximum absolute atomic E-state index is 13.1. The Labute approximate surface area is 96.9 Å². The van der Waals surface area contributed by atoms with Gasteiger partial charge in [0.05, 0.1) is 12.2 Å². The molecular formula is C10H7Cl2FN2. The van der Waals surface area contributed by atoms with Crippen molar-refractivity contribution in [3.8, 4) is 6.07 Å². The summed E-state index contributed by atoms with van der Waals surface area (Å²) in [6, 6.07) is 6.11. The van der Waals surface area contributed by atoms with E-state index in [0.717, 1.165) is 0 Å². The molecule has 0 unspecified atom stereocenters. The minimum Gasteiger partial charge on any atom is -0.379 e. The summed E-state index contributed by atoms with van der Waals surface area (Å²) in [6.07, 6.45) is 0. The summed E-state index contributed by atoms with van der Waals surface area (Å²) < 4.78 is 13.1. The average Bonchev–Trinajstić information content (AvgIpc) is 2.25. The number of rotatable bonds is 3. The maximum atomic E-state index is 13.1. The molecule has 1 aromatic rings. The molecule has 2 nitrogen and oxygen atoms in total. The number of hydrogen-bond donors (Lipinski definition) is 1. The summed E-state index contributed by atoms with van der Waals surface area (Å²) in [5, 5.41) is 11.9. The van der Waals surface area contributed by atoms with Gasteiger partial charge in [-0.05, 0) is 12.1 Å². The van der Waals surface area contributed by atoms with Gasteiger partial charge in [-0.1, -0.05) is 29.3 Å². The first-order chi connectivity index (χ1) is 7.19. The smallest absolute Gasteiger partial charge is 0.143 e. The topological polar surface area (TPSA) is 35.8 Å². The van der Waals surface area contributed by atoms with Gasteiger partial charge in [-0.3, -0.25) is 0 Å². The predicted molar refractivity (Wildman–Crippen MR) is 59.4 cm³/mol. The van der Waals surface area contributed by atoms with E-state index in [1.165, 1.54) is 17.7 Å². The number of benzene rings is 1. The van der Waals surface area contributed by atoms with E-state index in [-0.39, 0.29) is 12.1 Å². The number of nitrogens with zero attached hydrogens (tertiary/aromatic N) is 1. The van der Waals surface area contributed by atoms with E-state index < -0.39 is 5.82 Å². The van der Waals surface area contributed by atoms with Gasteiger partial charge in [0.25, 0.3) is 0 Å². The standard InChI is InChI=1S/C10H7Cl2FN2/c11-4-7(12)6-15-10-3-1-2-9(13)8(10)5-14/h1-4,15H,6H2. The van der Waals surface area contributed by atoms with E-state index in [4.69, 9.17) is 28.5 Å². The predicted octanol–water partition coefficient (Wildman–Crippen LogP) is 3.43. The number of halogens is 3. The van der Waals surface area contributed by atoms with Gasteiger partial charge in [-0.15, -0.1) is 0 Å². The zero-order chi connectivity index (χ0) is 11.3. The Kier molecular flexibility index (Phi) is 4.41. The second-order valence-electron chi connectivity index (χ2n) is 2.68. The molecule has 0 aliphatic rings. The molecule has 1 rings (SSSR count). The number of anilines is 1. The highest BCUT2D eigenvalue weighted by Crippen LogP contribution is 2.18. The number of nitriles is 1. The van der Waals surface area contributed by atoms with Crippen LogP contribution in [-0.4, -0.2) is 6.54 Å². The van der Waals surface area contributed by atoms with Crippen LogP contribution in [0.25, 0.3) is 0 Å². The quantitative estimate of drug-likeness (QED) is 0.885. The fraction of sp³-hybridized carbons (Fsp3) is 0.100. The lowest BCUT2D eigenvalue weighted by molar-refractivity contribution is 0.624. The highest BCUT2D eigenvalue weighted by atomic mass is 35.5. The fourth-order valence-electron chi connectivity index (χ4n) is 1.00. The SMILES string of the molecule is N#Cc1c(F)cccc1NCC(Cl)=CCl. The Morgan fingerprint density at radius 2 is 2.33 bits per heavy atom.